The number of carbonyl (C=O) groups is 2. The number of methoxy groups -OCH3 is 1. The first-order chi connectivity index (χ1) is 11.9. The Bertz CT molecular complexity index is 497. The van der Waals surface area contributed by atoms with E-state index in [9.17, 15) is 9.59 Å². The molecule has 0 radical (unpaired) electrons. The quantitative estimate of drug-likeness (QED) is 0.496. The maximum Gasteiger partial charge on any atom is 0.223 e. The fourth-order valence-corrected chi connectivity index (χ4v) is 3.80. The molecule has 0 heterocycles. The predicted octanol–water partition coefficient (Wildman–Crippen LogP) is 2.52. The molecule has 25 heavy (non-hydrogen) atoms. The number of rotatable bonds is 9. The Hall–Kier alpha value is -1.36. The smallest absolute Gasteiger partial charge is 0.223 e. The van der Waals surface area contributed by atoms with E-state index < -0.39 is 0 Å². The van der Waals surface area contributed by atoms with Crippen molar-refractivity contribution in [1.29, 1.82) is 0 Å². The van der Waals surface area contributed by atoms with E-state index in [1.165, 1.54) is 5.57 Å². The molecule has 5 nitrogen and oxygen atoms in total. The molecule has 1 fully saturated rings. The molecule has 0 aliphatic heterocycles. The molecule has 2 aliphatic rings. The van der Waals surface area contributed by atoms with Crippen LogP contribution >= 0.6 is 0 Å². The van der Waals surface area contributed by atoms with Crippen molar-refractivity contribution in [1.82, 2.24) is 10.6 Å². The molecule has 2 aliphatic carbocycles. The molecular formula is C20H34N2O3. The fraction of sp³-hybridized carbons (Fsp3) is 0.800. The predicted molar refractivity (Wildman–Crippen MR) is 98.9 cm³/mol. The number of amides is 2. The van der Waals surface area contributed by atoms with Crippen molar-refractivity contribution in [2.45, 2.75) is 46.5 Å². The third-order valence-electron chi connectivity index (χ3n) is 5.60. The van der Waals surface area contributed by atoms with Gasteiger partial charge in [0.15, 0.2) is 0 Å². The molecule has 5 heteroatoms. The summed E-state index contributed by atoms with van der Waals surface area (Å²) in [5.41, 5.74) is 1.28. The highest BCUT2D eigenvalue weighted by Gasteiger charge is 2.34. The summed E-state index contributed by atoms with van der Waals surface area (Å²) in [5.74, 6) is 2.27. The number of hydrogen-bond acceptors (Lipinski definition) is 3. The van der Waals surface area contributed by atoms with Gasteiger partial charge in [-0.25, -0.2) is 0 Å². The molecule has 2 N–H and O–H groups in total. The van der Waals surface area contributed by atoms with E-state index in [2.05, 4.69) is 37.5 Å². The summed E-state index contributed by atoms with van der Waals surface area (Å²) < 4.78 is 4.97. The van der Waals surface area contributed by atoms with E-state index in [0.29, 0.717) is 43.2 Å². The maximum atomic E-state index is 12.1. The van der Waals surface area contributed by atoms with Gasteiger partial charge in [-0.3, -0.25) is 9.59 Å². The van der Waals surface area contributed by atoms with E-state index >= 15 is 0 Å². The molecule has 3 atom stereocenters. The zero-order valence-electron chi connectivity index (χ0n) is 16.1. The molecular weight excluding hydrogens is 316 g/mol. The minimum absolute atomic E-state index is 0.0952. The summed E-state index contributed by atoms with van der Waals surface area (Å²) in [6, 6.07) is 0. The van der Waals surface area contributed by atoms with Crippen LogP contribution in [0.25, 0.3) is 0 Å². The van der Waals surface area contributed by atoms with Crippen LogP contribution in [0.2, 0.25) is 0 Å². The lowest BCUT2D eigenvalue weighted by Gasteiger charge is -2.37. The Balaban J connectivity index is 1.91. The third kappa shape index (κ3) is 6.14. The molecule has 142 valence electrons. The van der Waals surface area contributed by atoms with Gasteiger partial charge in [-0.2, -0.15) is 0 Å². The second kappa shape index (κ2) is 9.37. The third-order valence-corrected chi connectivity index (χ3v) is 5.60. The molecule has 0 bridgehead atoms. The second-order valence-electron chi connectivity index (χ2n) is 7.98. The van der Waals surface area contributed by atoms with Gasteiger partial charge >= 0.3 is 0 Å². The summed E-state index contributed by atoms with van der Waals surface area (Å²) in [6.45, 7) is 8.44. The van der Waals surface area contributed by atoms with Crippen LogP contribution < -0.4 is 10.6 Å². The molecule has 2 amide bonds. The number of carbonyl (C=O) groups excluding carboxylic acids is 2. The Morgan fingerprint density at radius 3 is 2.60 bits per heavy atom. The lowest BCUT2D eigenvalue weighted by Crippen LogP contribution is -2.38. The van der Waals surface area contributed by atoms with Gasteiger partial charge in [0.2, 0.25) is 11.8 Å². The van der Waals surface area contributed by atoms with Gasteiger partial charge < -0.3 is 15.4 Å². The van der Waals surface area contributed by atoms with Crippen molar-refractivity contribution < 1.29 is 14.3 Å². The van der Waals surface area contributed by atoms with Crippen LogP contribution in [-0.4, -0.2) is 38.6 Å². The highest BCUT2D eigenvalue weighted by molar-refractivity contribution is 5.80. The van der Waals surface area contributed by atoms with E-state index in [1.807, 2.05) is 0 Å². The van der Waals surface area contributed by atoms with Gasteiger partial charge in [-0.05, 0) is 49.9 Å². The van der Waals surface area contributed by atoms with Crippen LogP contribution in [-0.2, 0) is 14.3 Å². The van der Waals surface area contributed by atoms with E-state index in [0.717, 1.165) is 25.8 Å². The minimum Gasteiger partial charge on any atom is -0.383 e. The number of allylic oxidation sites excluding steroid dienone is 1. The van der Waals surface area contributed by atoms with Crippen molar-refractivity contribution in [3.05, 3.63) is 11.6 Å². The molecule has 2 rings (SSSR count). The Morgan fingerprint density at radius 1 is 1.28 bits per heavy atom. The highest BCUT2D eigenvalue weighted by atomic mass is 16.5. The SMILES string of the molecule is COCCNC(=O)C[C@@H]1C[C@@H](C(C)C)[C@H](CNC(=O)C2CC2)C=C1C. The average molecular weight is 351 g/mol. The minimum atomic E-state index is 0.0952. The molecule has 0 saturated heterocycles. The summed E-state index contributed by atoms with van der Waals surface area (Å²) in [6.07, 6.45) is 5.94. The van der Waals surface area contributed by atoms with Crippen LogP contribution in [0.4, 0.5) is 0 Å². The van der Waals surface area contributed by atoms with Crippen molar-refractivity contribution in [3.8, 4) is 0 Å². The number of nitrogens with one attached hydrogen (secondary N) is 2. The van der Waals surface area contributed by atoms with Crippen molar-refractivity contribution in [3.63, 3.8) is 0 Å². The summed E-state index contributed by atoms with van der Waals surface area (Å²) in [7, 11) is 1.63. The van der Waals surface area contributed by atoms with E-state index in [-0.39, 0.29) is 17.7 Å². The lowest BCUT2D eigenvalue weighted by atomic mass is 9.69. The first kappa shape index (κ1) is 20.0. The summed E-state index contributed by atoms with van der Waals surface area (Å²) in [4.78, 5) is 24.1. The highest BCUT2D eigenvalue weighted by Crippen LogP contribution is 2.39. The number of ether oxygens (including phenoxy) is 1. The summed E-state index contributed by atoms with van der Waals surface area (Å²) >= 11 is 0. The standard InChI is InChI=1S/C20H34N2O3/c1-13(2)18-10-16(11-19(23)21-7-8-25-4)14(3)9-17(18)12-22-20(24)15-5-6-15/h9,13,15-18H,5-8,10-12H2,1-4H3,(H,21,23)(H,22,24)/t16-,17-,18-/m0/s1. The van der Waals surface area contributed by atoms with Crippen LogP contribution in [0, 0.1) is 29.6 Å². The van der Waals surface area contributed by atoms with Crippen molar-refractivity contribution >= 4 is 11.8 Å². The Kier molecular flexibility index (Phi) is 7.48. The second-order valence-corrected chi connectivity index (χ2v) is 7.98. The van der Waals surface area contributed by atoms with Gasteiger partial charge in [0, 0.05) is 32.5 Å². The summed E-state index contributed by atoms with van der Waals surface area (Å²) in [5, 5.41) is 6.05. The molecule has 0 unspecified atom stereocenters. The Morgan fingerprint density at radius 2 is 2.00 bits per heavy atom. The van der Waals surface area contributed by atoms with E-state index in [4.69, 9.17) is 4.74 Å². The Labute approximate surface area is 152 Å². The first-order valence-electron chi connectivity index (χ1n) is 9.64. The van der Waals surface area contributed by atoms with Crippen LogP contribution in [0.5, 0.6) is 0 Å². The monoisotopic (exact) mass is 350 g/mol. The molecule has 0 aromatic heterocycles. The lowest BCUT2D eigenvalue weighted by molar-refractivity contribution is -0.122. The van der Waals surface area contributed by atoms with Gasteiger partial charge in [-0.15, -0.1) is 0 Å². The largest absolute Gasteiger partial charge is 0.383 e. The molecule has 0 aromatic carbocycles. The molecule has 1 saturated carbocycles. The van der Waals surface area contributed by atoms with Gasteiger partial charge in [0.25, 0.3) is 0 Å². The van der Waals surface area contributed by atoms with Gasteiger partial charge in [0.1, 0.15) is 0 Å². The normalized spacial score (nSPS) is 26.3. The topological polar surface area (TPSA) is 67.4 Å². The van der Waals surface area contributed by atoms with Crippen LogP contribution in [0.1, 0.15) is 46.5 Å². The zero-order chi connectivity index (χ0) is 18.4. The van der Waals surface area contributed by atoms with Crippen LogP contribution in [0.15, 0.2) is 11.6 Å². The van der Waals surface area contributed by atoms with Crippen LogP contribution in [0.3, 0.4) is 0 Å². The van der Waals surface area contributed by atoms with Gasteiger partial charge in [0.05, 0.1) is 6.61 Å². The molecule has 0 spiro atoms. The van der Waals surface area contributed by atoms with E-state index in [1.54, 1.807) is 7.11 Å². The zero-order valence-corrected chi connectivity index (χ0v) is 16.1. The van der Waals surface area contributed by atoms with Gasteiger partial charge in [-0.1, -0.05) is 25.5 Å². The van der Waals surface area contributed by atoms with Crippen molar-refractivity contribution in [2.75, 3.05) is 26.8 Å². The number of hydrogen-bond donors (Lipinski definition) is 2. The average Bonchev–Trinajstić information content (AvgIpc) is 3.39. The maximum absolute atomic E-state index is 12.1. The first-order valence-corrected chi connectivity index (χ1v) is 9.64. The van der Waals surface area contributed by atoms with Crippen molar-refractivity contribution in [2.24, 2.45) is 29.6 Å². The molecule has 0 aromatic rings. The fourth-order valence-electron chi connectivity index (χ4n) is 3.80.